The summed E-state index contributed by atoms with van der Waals surface area (Å²) in [6.45, 7) is 6.59. The molecule has 2 atom stereocenters. The highest BCUT2D eigenvalue weighted by molar-refractivity contribution is 4.69. The molecular weight excluding hydrogens is 156 g/mol. The molecular formula is C9H18O3. The molecule has 0 saturated carbocycles. The van der Waals surface area contributed by atoms with Gasteiger partial charge < -0.3 is 14.6 Å². The van der Waals surface area contributed by atoms with Gasteiger partial charge in [0, 0.05) is 6.42 Å². The Morgan fingerprint density at radius 3 is 2.42 bits per heavy atom. The van der Waals surface area contributed by atoms with Crippen LogP contribution < -0.4 is 0 Å². The Bertz CT molecular complexity index is 131. The van der Waals surface area contributed by atoms with Crippen LogP contribution in [0.3, 0.4) is 0 Å². The monoisotopic (exact) mass is 174 g/mol. The Morgan fingerprint density at radius 2 is 2.00 bits per heavy atom. The van der Waals surface area contributed by atoms with E-state index in [1.165, 1.54) is 0 Å². The van der Waals surface area contributed by atoms with Crippen LogP contribution in [-0.2, 0) is 9.47 Å². The van der Waals surface area contributed by atoms with Crippen molar-refractivity contribution in [1.29, 1.82) is 0 Å². The molecule has 1 N–H and O–H groups in total. The second-order valence-corrected chi connectivity index (χ2v) is 4.22. The van der Waals surface area contributed by atoms with Gasteiger partial charge in [0.05, 0.1) is 18.3 Å². The average Bonchev–Trinajstić information content (AvgIpc) is 1.91. The number of ether oxygens (including phenoxy) is 2. The Balaban J connectivity index is 2.26. The second kappa shape index (κ2) is 3.73. The fourth-order valence-corrected chi connectivity index (χ4v) is 1.31. The van der Waals surface area contributed by atoms with E-state index in [-0.39, 0.29) is 11.7 Å². The SMILES string of the molecule is CC(C)(C)O[C@H]1CC[C@H](O)OC1. The minimum Gasteiger partial charge on any atom is -0.370 e. The summed E-state index contributed by atoms with van der Waals surface area (Å²) < 4.78 is 10.8. The van der Waals surface area contributed by atoms with Gasteiger partial charge in [-0.3, -0.25) is 0 Å². The summed E-state index contributed by atoms with van der Waals surface area (Å²) in [6.07, 6.45) is 1.14. The van der Waals surface area contributed by atoms with Crippen LogP contribution >= 0.6 is 0 Å². The van der Waals surface area contributed by atoms with Crippen LogP contribution in [0.1, 0.15) is 33.6 Å². The highest BCUT2D eigenvalue weighted by atomic mass is 16.6. The maximum Gasteiger partial charge on any atom is 0.154 e. The molecule has 1 heterocycles. The van der Waals surface area contributed by atoms with Crippen LogP contribution in [0.4, 0.5) is 0 Å². The van der Waals surface area contributed by atoms with Crippen LogP contribution in [0.15, 0.2) is 0 Å². The van der Waals surface area contributed by atoms with Crippen LogP contribution in [-0.4, -0.2) is 29.7 Å². The molecule has 72 valence electrons. The van der Waals surface area contributed by atoms with Crippen LogP contribution in [0.25, 0.3) is 0 Å². The first kappa shape index (κ1) is 9.96. The summed E-state index contributed by atoms with van der Waals surface area (Å²) in [5, 5.41) is 9.05. The van der Waals surface area contributed by atoms with Gasteiger partial charge >= 0.3 is 0 Å². The van der Waals surface area contributed by atoms with Crippen LogP contribution in [0.5, 0.6) is 0 Å². The van der Waals surface area contributed by atoms with Gasteiger partial charge in [-0.25, -0.2) is 0 Å². The molecule has 0 radical (unpaired) electrons. The molecule has 1 aliphatic heterocycles. The Kier molecular flexibility index (Phi) is 3.09. The van der Waals surface area contributed by atoms with Gasteiger partial charge in [-0.1, -0.05) is 0 Å². The summed E-state index contributed by atoms with van der Waals surface area (Å²) in [5.41, 5.74) is -0.115. The van der Waals surface area contributed by atoms with Crippen molar-refractivity contribution in [3.05, 3.63) is 0 Å². The van der Waals surface area contributed by atoms with E-state index in [1.54, 1.807) is 0 Å². The minimum absolute atomic E-state index is 0.115. The normalized spacial score (nSPS) is 32.0. The molecule has 0 aromatic carbocycles. The highest BCUT2D eigenvalue weighted by Crippen LogP contribution is 2.19. The van der Waals surface area contributed by atoms with Gasteiger partial charge in [-0.2, -0.15) is 0 Å². The van der Waals surface area contributed by atoms with E-state index in [1.807, 2.05) is 20.8 Å². The molecule has 12 heavy (non-hydrogen) atoms. The van der Waals surface area contributed by atoms with E-state index in [0.29, 0.717) is 13.0 Å². The van der Waals surface area contributed by atoms with E-state index in [4.69, 9.17) is 14.6 Å². The van der Waals surface area contributed by atoms with Crippen molar-refractivity contribution in [2.24, 2.45) is 0 Å². The van der Waals surface area contributed by atoms with Crippen molar-refractivity contribution in [3.8, 4) is 0 Å². The molecule has 0 aliphatic carbocycles. The lowest BCUT2D eigenvalue weighted by Crippen LogP contribution is -2.36. The number of rotatable bonds is 1. The lowest BCUT2D eigenvalue weighted by Gasteiger charge is -2.31. The van der Waals surface area contributed by atoms with E-state index in [2.05, 4.69) is 0 Å². The van der Waals surface area contributed by atoms with Crippen molar-refractivity contribution in [1.82, 2.24) is 0 Å². The third kappa shape index (κ3) is 3.52. The third-order valence-electron chi connectivity index (χ3n) is 1.73. The third-order valence-corrected chi connectivity index (χ3v) is 1.73. The van der Waals surface area contributed by atoms with E-state index < -0.39 is 6.29 Å². The van der Waals surface area contributed by atoms with Gasteiger partial charge in [0.15, 0.2) is 6.29 Å². The standard InChI is InChI=1S/C9H18O3/c1-9(2,3)12-7-4-5-8(10)11-6-7/h7-8,10H,4-6H2,1-3H3/t7-,8+/m0/s1. The smallest absolute Gasteiger partial charge is 0.154 e. The molecule has 0 unspecified atom stereocenters. The van der Waals surface area contributed by atoms with E-state index in [9.17, 15) is 0 Å². The first-order valence-corrected chi connectivity index (χ1v) is 4.45. The highest BCUT2D eigenvalue weighted by Gasteiger charge is 2.24. The number of hydrogen-bond acceptors (Lipinski definition) is 3. The summed E-state index contributed by atoms with van der Waals surface area (Å²) >= 11 is 0. The topological polar surface area (TPSA) is 38.7 Å². The van der Waals surface area contributed by atoms with Gasteiger partial charge in [-0.15, -0.1) is 0 Å². The van der Waals surface area contributed by atoms with Crippen LogP contribution in [0, 0.1) is 0 Å². The lowest BCUT2D eigenvalue weighted by atomic mass is 10.1. The predicted molar refractivity (Wildman–Crippen MR) is 45.8 cm³/mol. The summed E-state index contributed by atoms with van der Waals surface area (Å²) in [4.78, 5) is 0. The van der Waals surface area contributed by atoms with Gasteiger partial charge in [-0.05, 0) is 27.2 Å². The Morgan fingerprint density at radius 1 is 1.33 bits per heavy atom. The number of hydrogen-bond donors (Lipinski definition) is 1. The predicted octanol–water partition coefficient (Wildman–Crippen LogP) is 1.30. The maximum absolute atomic E-state index is 9.05. The van der Waals surface area contributed by atoms with Crippen molar-refractivity contribution in [2.75, 3.05) is 6.61 Å². The average molecular weight is 174 g/mol. The molecule has 1 fully saturated rings. The van der Waals surface area contributed by atoms with Crippen LogP contribution in [0.2, 0.25) is 0 Å². The zero-order valence-electron chi connectivity index (χ0n) is 8.04. The quantitative estimate of drug-likeness (QED) is 0.651. The molecule has 3 nitrogen and oxygen atoms in total. The van der Waals surface area contributed by atoms with Crippen molar-refractivity contribution >= 4 is 0 Å². The lowest BCUT2D eigenvalue weighted by molar-refractivity contribution is -0.188. The maximum atomic E-state index is 9.05. The molecule has 1 saturated heterocycles. The number of aliphatic hydroxyl groups is 1. The second-order valence-electron chi connectivity index (χ2n) is 4.22. The molecule has 0 aromatic heterocycles. The van der Waals surface area contributed by atoms with Gasteiger partial charge in [0.2, 0.25) is 0 Å². The van der Waals surface area contributed by atoms with Gasteiger partial charge in [0.1, 0.15) is 0 Å². The van der Waals surface area contributed by atoms with Crippen molar-refractivity contribution in [2.45, 2.75) is 51.6 Å². The zero-order chi connectivity index (χ0) is 9.19. The molecule has 0 amide bonds. The number of aliphatic hydroxyl groups excluding tert-OH is 1. The van der Waals surface area contributed by atoms with E-state index in [0.717, 1.165) is 6.42 Å². The Hall–Kier alpha value is -0.120. The molecule has 0 bridgehead atoms. The molecule has 1 rings (SSSR count). The van der Waals surface area contributed by atoms with Crippen molar-refractivity contribution < 1.29 is 14.6 Å². The molecule has 0 spiro atoms. The molecule has 1 aliphatic rings. The fraction of sp³-hybridized carbons (Fsp3) is 1.00. The summed E-state index contributed by atoms with van der Waals surface area (Å²) in [6, 6.07) is 0. The zero-order valence-corrected chi connectivity index (χ0v) is 8.04. The fourth-order valence-electron chi connectivity index (χ4n) is 1.31. The minimum atomic E-state index is -0.579. The summed E-state index contributed by atoms with van der Waals surface area (Å²) in [7, 11) is 0. The molecule has 3 heteroatoms. The van der Waals surface area contributed by atoms with Gasteiger partial charge in [0.25, 0.3) is 0 Å². The first-order valence-electron chi connectivity index (χ1n) is 4.45. The Labute approximate surface area is 73.7 Å². The summed E-state index contributed by atoms with van der Waals surface area (Å²) in [5.74, 6) is 0. The molecule has 0 aromatic rings. The van der Waals surface area contributed by atoms with E-state index >= 15 is 0 Å². The largest absolute Gasteiger partial charge is 0.370 e. The van der Waals surface area contributed by atoms with Crippen molar-refractivity contribution in [3.63, 3.8) is 0 Å². The first-order chi connectivity index (χ1) is 5.47.